The molecule has 6 nitrogen and oxygen atoms in total. The molecule has 0 unspecified atom stereocenters. The highest BCUT2D eigenvalue weighted by molar-refractivity contribution is 7.17. The van der Waals surface area contributed by atoms with Crippen LogP contribution in [0.25, 0.3) is 0 Å². The minimum atomic E-state index is -0.944. The van der Waals surface area contributed by atoms with E-state index in [1.807, 2.05) is 10.8 Å². The van der Waals surface area contributed by atoms with Crippen molar-refractivity contribution in [2.75, 3.05) is 11.9 Å². The number of rotatable bonds is 5. The fourth-order valence-electron chi connectivity index (χ4n) is 1.17. The fraction of sp³-hybridized carbons (Fsp3) is 0.222. The average Bonchev–Trinajstić information content (AvgIpc) is 2.87. The zero-order valence-electron chi connectivity index (χ0n) is 8.33. The number of hydrogen-bond acceptors (Lipinski definition) is 5. The van der Waals surface area contributed by atoms with Crippen molar-refractivity contribution in [2.24, 2.45) is 0 Å². The fourth-order valence-corrected chi connectivity index (χ4v) is 1.85. The number of nitrogens with zero attached hydrogens (tertiary/aromatic N) is 3. The van der Waals surface area contributed by atoms with Gasteiger partial charge in [-0.1, -0.05) is 11.3 Å². The van der Waals surface area contributed by atoms with E-state index in [4.69, 9.17) is 5.11 Å². The lowest BCUT2D eigenvalue weighted by Gasteiger charge is -2.02. The maximum absolute atomic E-state index is 10.6. The maximum Gasteiger partial charge on any atom is 0.347 e. The molecular weight excluding hydrogens is 228 g/mol. The van der Waals surface area contributed by atoms with Crippen LogP contribution in [0.1, 0.15) is 9.67 Å². The van der Waals surface area contributed by atoms with Gasteiger partial charge in [0.2, 0.25) is 0 Å². The number of imidazole rings is 1. The molecule has 2 rings (SSSR count). The Hall–Kier alpha value is -1.89. The van der Waals surface area contributed by atoms with Gasteiger partial charge in [-0.3, -0.25) is 0 Å². The highest BCUT2D eigenvalue weighted by atomic mass is 32.1. The van der Waals surface area contributed by atoms with Gasteiger partial charge in [-0.05, 0) is 0 Å². The molecule has 16 heavy (non-hydrogen) atoms. The number of thiazole rings is 1. The summed E-state index contributed by atoms with van der Waals surface area (Å²) >= 11 is 1.13. The maximum atomic E-state index is 10.6. The summed E-state index contributed by atoms with van der Waals surface area (Å²) in [7, 11) is 0. The SMILES string of the molecule is O=C(O)c1cnc(NCCn2ccnc2)s1. The molecule has 2 aromatic rings. The van der Waals surface area contributed by atoms with Gasteiger partial charge in [0.25, 0.3) is 0 Å². The third-order valence-electron chi connectivity index (χ3n) is 1.92. The molecule has 0 aliphatic rings. The van der Waals surface area contributed by atoms with Crippen LogP contribution in [0, 0.1) is 0 Å². The van der Waals surface area contributed by atoms with Crippen LogP contribution in [-0.2, 0) is 6.54 Å². The molecule has 0 aliphatic carbocycles. The summed E-state index contributed by atoms with van der Waals surface area (Å²) in [5, 5.41) is 12.4. The van der Waals surface area contributed by atoms with E-state index in [9.17, 15) is 4.79 Å². The summed E-state index contributed by atoms with van der Waals surface area (Å²) in [4.78, 5) is 18.7. The van der Waals surface area contributed by atoms with Crippen molar-refractivity contribution in [1.29, 1.82) is 0 Å². The predicted octanol–water partition coefficient (Wildman–Crippen LogP) is 1.15. The Morgan fingerprint density at radius 1 is 1.62 bits per heavy atom. The molecule has 0 atom stereocenters. The molecule has 2 N–H and O–H groups in total. The molecule has 2 aromatic heterocycles. The highest BCUT2D eigenvalue weighted by Crippen LogP contribution is 2.17. The van der Waals surface area contributed by atoms with Crippen LogP contribution in [0.2, 0.25) is 0 Å². The third kappa shape index (κ3) is 2.57. The predicted molar refractivity (Wildman–Crippen MR) is 59.8 cm³/mol. The lowest BCUT2D eigenvalue weighted by atomic mass is 10.6. The van der Waals surface area contributed by atoms with Gasteiger partial charge in [0, 0.05) is 25.5 Å². The van der Waals surface area contributed by atoms with Gasteiger partial charge >= 0.3 is 5.97 Å². The van der Waals surface area contributed by atoms with Crippen LogP contribution < -0.4 is 5.32 Å². The van der Waals surface area contributed by atoms with Crippen molar-refractivity contribution in [3.63, 3.8) is 0 Å². The monoisotopic (exact) mass is 238 g/mol. The second-order valence-corrected chi connectivity index (χ2v) is 4.09. The van der Waals surface area contributed by atoms with Crippen LogP contribution in [-0.4, -0.2) is 32.2 Å². The van der Waals surface area contributed by atoms with E-state index in [0.717, 1.165) is 17.9 Å². The Kier molecular flexibility index (Phi) is 3.16. The number of carboxylic acids is 1. The minimum Gasteiger partial charge on any atom is -0.477 e. The van der Waals surface area contributed by atoms with E-state index in [0.29, 0.717) is 11.7 Å². The molecule has 0 aliphatic heterocycles. The van der Waals surface area contributed by atoms with Gasteiger partial charge in [0.05, 0.1) is 12.5 Å². The molecule has 84 valence electrons. The standard InChI is InChI=1S/C9H10N4O2S/c14-8(15)7-5-12-9(16-7)11-2-4-13-3-1-10-6-13/h1,3,5-6H,2,4H2,(H,11,12)(H,14,15). The van der Waals surface area contributed by atoms with Crippen molar-refractivity contribution in [3.05, 3.63) is 29.8 Å². The Morgan fingerprint density at radius 3 is 3.12 bits per heavy atom. The third-order valence-corrected chi connectivity index (χ3v) is 2.86. The Bertz CT molecular complexity index is 466. The van der Waals surface area contributed by atoms with Gasteiger partial charge in [-0.2, -0.15) is 0 Å². The highest BCUT2D eigenvalue weighted by Gasteiger charge is 2.07. The molecule has 0 spiro atoms. The minimum absolute atomic E-state index is 0.241. The van der Waals surface area contributed by atoms with E-state index in [2.05, 4.69) is 15.3 Å². The summed E-state index contributed by atoms with van der Waals surface area (Å²) < 4.78 is 1.93. The molecule has 2 heterocycles. The quantitative estimate of drug-likeness (QED) is 0.816. The molecule has 0 amide bonds. The van der Waals surface area contributed by atoms with Crippen molar-refractivity contribution in [1.82, 2.24) is 14.5 Å². The van der Waals surface area contributed by atoms with Gasteiger partial charge < -0.3 is 15.0 Å². The van der Waals surface area contributed by atoms with E-state index in [1.54, 1.807) is 12.5 Å². The molecule has 0 aromatic carbocycles. The summed E-state index contributed by atoms with van der Waals surface area (Å²) in [6.07, 6.45) is 6.66. The van der Waals surface area contributed by atoms with Gasteiger partial charge in [-0.15, -0.1) is 0 Å². The van der Waals surface area contributed by atoms with Gasteiger partial charge in [0.1, 0.15) is 4.88 Å². The number of aromatic carboxylic acids is 1. The van der Waals surface area contributed by atoms with Crippen LogP contribution >= 0.6 is 11.3 Å². The van der Waals surface area contributed by atoms with E-state index in [1.165, 1.54) is 6.20 Å². The molecule has 0 saturated heterocycles. The number of carbonyl (C=O) groups is 1. The molecule has 0 fully saturated rings. The first kappa shape index (κ1) is 10.6. The van der Waals surface area contributed by atoms with Crippen molar-refractivity contribution in [2.45, 2.75) is 6.54 Å². The summed E-state index contributed by atoms with van der Waals surface area (Å²) in [5.41, 5.74) is 0. The van der Waals surface area contributed by atoms with E-state index in [-0.39, 0.29) is 4.88 Å². The van der Waals surface area contributed by atoms with Crippen molar-refractivity contribution in [3.8, 4) is 0 Å². The lowest BCUT2D eigenvalue weighted by Crippen LogP contribution is -2.08. The molecule has 0 radical (unpaired) electrons. The normalized spacial score (nSPS) is 10.2. The Morgan fingerprint density at radius 2 is 2.50 bits per heavy atom. The van der Waals surface area contributed by atoms with Crippen LogP contribution in [0.5, 0.6) is 0 Å². The largest absolute Gasteiger partial charge is 0.477 e. The van der Waals surface area contributed by atoms with Crippen LogP contribution in [0.15, 0.2) is 24.9 Å². The molecular formula is C9H10N4O2S. The zero-order chi connectivity index (χ0) is 11.4. The topological polar surface area (TPSA) is 80.0 Å². The van der Waals surface area contributed by atoms with Crippen molar-refractivity contribution >= 4 is 22.4 Å². The smallest absolute Gasteiger partial charge is 0.347 e. The second-order valence-electron chi connectivity index (χ2n) is 3.06. The van der Waals surface area contributed by atoms with Gasteiger partial charge in [-0.25, -0.2) is 14.8 Å². The number of aromatic nitrogens is 3. The second kappa shape index (κ2) is 4.75. The Balaban J connectivity index is 1.83. The van der Waals surface area contributed by atoms with Crippen molar-refractivity contribution < 1.29 is 9.90 Å². The number of hydrogen-bond donors (Lipinski definition) is 2. The first-order chi connectivity index (χ1) is 7.75. The number of carboxylic acid groups (broad SMARTS) is 1. The Labute approximate surface area is 95.6 Å². The zero-order valence-corrected chi connectivity index (χ0v) is 9.15. The summed E-state index contributed by atoms with van der Waals surface area (Å²) in [6.45, 7) is 1.45. The van der Waals surface area contributed by atoms with Gasteiger partial charge in [0.15, 0.2) is 5.13 Å². The summed E-state index contributed by atoms with van der Waals surface area (Å²) in [6, 6.07) is 0. The van der Waals surface area contributed by atoms with Crippen LogP contribution in [0.4, 0.5) is 5.13 Å². The number of anilines is 1. The molecule has 7 heteroatoms. The first-order valence-electron chi connectivity index (χ1n) is 4.64. The molecule has 0 bridgehead atoms. The molecule has 0 saturated carbocycles. The summed E-state index contributed by atoms with van der Waals surface area (Å²) in [5.74, 6) is -0.944. The van der Waals surface area contributed by atoms with Crippen LogP contribution in [0.3, 0.4) is 0 Å². The average molecular weight is 238 g/mol. The van der Waals surface area contributed by atoms with E-state index >= 15 is 0 Å². The number of nitrogens with one attached hydrogen (secondary N) is 1. The first-order valence-corrected chi connectivity index (χ1v) is 5.46. The lowest BCUT2D eigenvalue weighted by molar-refractivity contribution is 0.0702. The van der Waals surface area contributed by atoms with E-state index < -0.39 is 5.97 Å².